The first-order valence-corrected chi connectivity index (χ1v) is 11.2. The average molecular weight is 462 g/mol. The van der Waals surface area contributed by atoms with Gasteiger partial charge in [-0.05, 0) is 68.9 Å². The first-order chi connectivity index (χ1) is 15.8. The number of carbonyl (C=O) groups is 1. The summed E-state index contributed by atoms with van der Waals surface area (Å²) in [6.45, 7) is 5.81. The van der Waals surface area contributed by atoms with Gasteiger partial charge < -0.3 is 15.4 Å². The van der Waals surface area contributed by atoms with Crippen LogP contribution in [0.25, 0.3) is 0 Å². The van der Waals surface area contributed by atoms with Crippen LogP contribution in [0.1, 0.15) is 29.7 Å². The van der Waals surface area contributed by atoms with E-state index in [1.54, 1.807) is 17.0 Å². The summed E-state index contributed by atoms with van der Waals surface area (Å²) in [5.41, 5.74) is 3.02. The fourth-order valence-electron chi connectivity index (χ4n) is 4.90. The molecule has 3 atom stereocenters. The fraction of sp³-hybridized carbons (Fsp3) is 0.231. The van der Waals surface area contributed by atoms with Crippen molar-refractivity contribution in [3.05, 3.63) is 89.2 Å². The Kier molecular flexibility index (Phi) is 5.09. The molecule has 0 aliphatic carbocycles. The summed E-state index contributed by atoms with van der Waals surface area (Å²) < 4.78 is 20.6. The van der Waals surface area contributed by atoms with Crippen molar-refractivity contribution in [1.82, 2.24) is 5.32 Å². The van der Waals surface area contributed by atoms with E-state index in [0.29, 0.717) is 16.5 Å². The zero-order valence-electron chi connectivity index (χ0n) is 18.6. The molecule has 5 rings (SSSR count). The quantitative estimate of drug-likeness (QED) is 0.523. The monoisotopic (exact) mass is 461 g/mol. The smallest absolute Gasteiger partial charge is 0.236 e. The molecular formula is C26H24FN3O2S. The highest BCUT2D eigenvalue weighted by Gasteiger charge is 2.59. The number of anilines is 2. The maximum absolute atomic E-state index is 14.1. The highest BCUT2D eigenvalue weighted by Crippen LogP contribution is 2.49. The molecule has 2 aliphatic rings. The number of halogens is 1. The minimum Gasteiger partial charge on any atom is -0.467 e. The zero-order chi connectivity index (χ0) is 23.3. The summed E-state index contributed by atoms with van der Waals surface area (Å²) in [7, 11) is 0. The molecule has 168 valence electrons. The van der Waals surface area contributed by atoms with Crippen LogP contribution < -0.4 is 20.3 Å². The Morgan fingerprint density at radius 1 is 1.12 bits per heavy atom. The first kappa shape index (κ1) is 21.4. The van der Waals surface area contributed by atoms with E-state index in [4.69, 9.17) is 17.0 Å². The average Bonchev–Trinajstić information content (AvgIpc) is 2.75. The van der Waals surface area contributed by atoms with Crippen molar-refractivity contribution in [3.63, 3.8) is 0 Å². The number of benzene rings is 3. The Balaban J connectivity index is 1.62. The Morgan fingerprint density at radius 3 is 2.67 bits per heavy atom. The lowest BCUT2D eigenvalue weighted by Gasteiger charge is -2.56. The molecule has 2 bridgehead atoms. The number of nitrogens with one attached hydrogen (secondary N) is 2. The molecule has 1 saturated heterocycles. The number of aryl methyl sites for hydroxylation is 2. The summed E-state index contributed by atoms with van der Waals surface area (Å²) in [6, 6.07) is 19.2. The zero-order valence-corrected chi connectivity index (χ0v) is 19.4. The standard InChI is InChI=1S/C26H24FN3O2S/c1-15-11-12-20(16(2)13-15)28-24(31)22-23-19-9-4-5-10-21(19)32-26(22,3)30(25(33)29-23)18-8-6-7-17(27)14-18/h4-14,22-23H,1-3H3,(H,28,31)(H,29,33)/t22-,23-,26+/m1/s1. The van der Waals surface area contributed by atoms with Gasteiger partial charge in [-0.25, -0.2) is 4.39 Å². The van der Waals surface area contributed by atoms with Crippen molar-refractivity contribution in [1.29, 1.82) is 0 Å². The topological polar surface area (TPSA) is 53.6 Å². The maximum atomic E-state index is 14.1. The highest BCUT2D eigenvalue weighted by molar-refractivity contribution is 7.80. The number of nitrogens with zero attached hydrogens (tertiary/aromatic N) is 1. The Bertz CT molecular complexity index is 1280. The van der Waals surface area contributed by atoms with Gasteiger partial charge in [0.1, 0.15) is 17.5 Å². The van der Waals surface area contributed by atoms with E-state index in [0.717, 1.165) is 22.4 Å². The molecule has 2 aliphatic heterocycles. The number of amides is 1. The van der Waals surface area contributed by atoms with Crippen LogP contribution in [-0.4, -0.2) is 16.7 Å². The van der Waals surface area contributed by atoms with Gasteiger partial charge in [0.05, 0.1) is 6.04 Å². The summed E-state index contributed by atoms with van der Waals surface area (Å²) in [5, 5.41) is 6.79. The van der Waals surface area contributed by atoms with Crippen LogP contribution in [0, 0.1) is 25.6 Å². The lowest BCUT2D eigenvalue weighted by molar-refractivity contribution is -0.130. The molecule has 3 aromatic carbocycles. The van der Waals surface area contributed by atoms with Crippen LogP contribution in [0.15, 0.2) is 66.7 Å². The van der Waals surface area contributed by atoms with Gasteiger partial charge in [-0.1, -0.05) is 42.0 Å². The van der Waals surface area contributed by atoms with E-state index in [9.17, 15) is 9.18 Å². The SMILES string of the molecule is Cc1ccc(NC(=O)[C@H]2[C@@H]3NC(=S)N(c4cccc(F)c4)[C@@]2(C)Oc2ccccc23)c(C)c1. The predicted octanol–water partition coefficient (Wildman–Crippen LogP) is 5.24. The van der Waals surface area contributed by atoms with Crippen LogP contribution in [0.4, 0.5) is 15.8 Å². The summed E-state index contributed by atoms with van der Waals surface area (Å²) >= 11 is 5.69. The van der Waals surface area contributed by atoms with Crippen LogP contribution in [0.2, 0.25) is 0 Å². The molecule has 0 saturated carbocycles. The van der Waals surface area contributed by atoms with E-state index in [1.165, 1.54) is 12.1 Å². The molecule has 7 heteroatoms. The number of fused-ring (bicyclic) bond motifs is 4. The number of thiocarbonyl (C=S) groups is 1. The van der Waals surface area contributed by atoms with E-state index in [-0.39, 0.29) is 5.91 Å². The summed E-state index contributed by atoms with van der Waals surface area (Å²) in [6.07, 6.45) is 0. The van der Waals surface area contributed by atoms with Crippen molar-refractivity contribution >= 4 is 34.6 Å². The van der Waals surface area contributed by atoms with Crippen LogP contribution in [0.3, 0.4) is 0 Å². The number of hydrogen-bond acceptors (Lipinski definition) is 3. The number of carbonyl (C=O) groups excluding carboxylic acids is 1. The lowest BCUT2D eigenvalue weighted by atomic mass is 9.78. The van der Waals surface area contributed by atoms with Gasteiger partial charge in [0.15, 0.2) is 10.8 Å². The molecular weight excluding hydrogens is 437 g/mol. The number of para-hydroxylation sites is 1. The first-order valence-electron chi connectivity index (χ1n) is 10.8. The molecule has 1 fully saturated rings. The van der Waals surface area contributed by atoms with Crippen molar-refractivity contribution in [2.45, 2.75) is 32.5 Å². The molecule has 1 amide bonds. The van der Waals surface area contributed by atoms with E-state index < -0.39 is 23.5 Å². The van der Waals surface area contributed by atoms with Crippen LogP contribution in [0.5, 0.6) is 5.75 Å². The highest BCUT2D eigenvalue weighted by atomic mass is 32.1. The minimum absolute atomic E-state index is 0.208. The molecule has 0 unspecified atom stereocenters. The molecule has 0 aromatic heterocycles. The third-order valence-corrected chi connectivity index (χ3v) is 6.70. The third kappa shape index (κ3) is 3.53. The second-order valence-electron chi connectivity index (χ2n) is 8.72. The number of hydrogen-bond donors (Lipinski definition) is 2. The van der Waals surface area contributed by atoms with Crippen molar-refractivity contribution < 1.29 is 13.9 Å². The molecule has 33 heavy (non-hydrogen) atoms. The van der Waals surface area contributed by atoms with E-state index >= 15 is 0 Å². The second kappa shape index (κ2) is 7.85. The largest absolute Gasteiger partial charge is 0.467 e. The van der Waals surface area contributed by atoms with Crippen molar-refractivity contribution in [2.75, 3.05) is 10.2 Å². The summed E-state index contributed by atoms with van der Waals surface area (Å²) in [4.78, 5) is 15.5. The van der Waals surface area contributed by atoms with Gasteiger partial charge in [0.2, 0.25) is 5.91 Å². The fourth-order valence-corrected chi connectivity index (χ4v) is 5.31. The second-order valence-corrected chi connectivity index (χ2v) is 9.11. The normalized spacial score (nSPS) is 23.3. The molecule has 0 radical (unpaired) electrons. The van der Waals surface area contributed by atoms with Gasteiger partial charge in [0, 0.05) is 16.9 Å². The number of ether oxygens (including phenoxy) is 1. The van der Waals surface area contributed by atoms with Crippen LogP contribution in [-0.2, 0) is 4.79 Å². The molecule has 0 spiro atoms. The Labute approximate surface area is 197 Å². The predicted molar refractivity (Wildman–Crippen MR) is 131 cm³/mol. The van der Waals surface area contributed by atoms with Crippen molar-refractivity contribution in [3.8, 4) is 5.75 Å². The van der Waals surface area contributed by atoms with Gasteiger partial charge >= 0.3 is 0 Å². The van der Waals surface area contributed by atoms with Gasteiger partial charge in [-0.3, -0.25) is 9.69 Å². The molecule has 2 heterocycles. The Morgan fingerprint density at radius 2 is 1.91 bits per heavy atom. The maximum Gasteiger partial charge on any atom is 0.236 e. The molecule has 5 nitrogen and oxygen atoms in total. The summed E-state index contributed by atoms with van der Waals surface area (Å²) in [5.74, 6) is -0.617. The van der Waals surface area contributed by atoms with E-state index in [2.05, 4.69) is 10.6 Å². The van der Waals surface area contributed by atoms with Crippen molar-refractivity contribution in [2.24, 2.45) is 5.92 Å². The minimum atomic E-state index is -1.18. The third-order valence-electron chi connectivity index (χ3n) is 6.40. The molecule has 2 N–H and O–H groups in total. The lowest BCUT2D eigenvalue weighted by Crippen LogP contribution is -2.72. The van der Waals surface area contributed by atoms with Crippen LogP contribution >= 0.6 is 12.2 Å². The van der Waals surface area contributed by atoms with Gasteiger partial charge in [-0.15, -0.1) is 0 Å². The van der Waals surface area contributed by atoms with E-state index in [1.807, 2.05) is 63.2 Å². The number of rotatable bonds is 3. The Hall–Kier alpha value is -3.45. The van der Waals surface area contributed by atoms with Gasteiger partial charge in [0.25, 0.3) is 0 Å². The van der Waals surface area contributed by atoms with Gasteiger partial charge in [-0.2, -0.15) is 0 Å². The molecule has 3 aromatic rings.